The highest BCUT2D eigenvalue weighted by Gasteiger charge is 2.34. The van der Waals surface area contributed by atoms with Crippen LogP contribution in [-0.4, -0.2) is 21.6 Å². The fourth-order valence-corrected chi connectivity index (χ4v) is 3.43. The van der Waals surface area contributed by atoms with Gasteiger partial charge in [-0.15, -0.1) is 0 Å². The smallest absolute Gasteiger partial charge is 0.267 e. The molecule has 1 aliphatic heterocycles. The minimum atomic E-state index is -0.243. The van der Waals surface area contributed by atoms with Gasteiger partial charge in [0, 0.05) is 27.7 Å². The van der Waals surface area contributed by atoms with Gasteiger partial charge < -0.3 is 0 Å². The molecule has 2 heterocycles. The summed E-state index contributed by atoms with van der Waals surface area (Å²) in [6.45, 7) is 0. The second kappa shape index (κ2) is 7.62. The minimum absolute atomic E-state index is 0.172. The zero-order chi connectivity index (χ0) is 18.8. The summed E-state index contributed by atoms with van der Waals surface area (Å²) in [5.74, 6) is -0.172. The monoisotopic (exact) mass is 439 g/mol. The summed E-state index contributed by atoms with van der Waals surface area (Å²) in [7, 11) is 0. The summed E-state index contributed by atoms with van der Waals surface area (Å²) in [5, 5.41) is 6.78. The Morgan fingerprint density at radius 2 is 1.78 bits per heavy atom. The van der Waals surface area contributed by atoms with Crippen LogP contribution in [0.3, 0.4) is 0 Å². The number of carbonyl (C=O) groups excluding carboxylic acids is 1. The first-order chi connectivity index (χ1) is 13.1. The average Bonchev–Trinajstić information content (AvgIpc) is 3.15. The van der Waals surface area contributed by atoms with Crippen LogP contribution in [0.2, 0.25) is 5.02 Å². The highest BCUT2D eigenvalue weighted by atomic mass is 79.9. The summed E-state index contributed by atoms with van der Waals surface area (Å²) < 4.78 is 1.00. The Kier molecular flexibility index (Phi) is 5.05. The van der Waals surface area contributed by atoms with Gasteiger partial charge in [-0.2, -0.15) is 5.10 Å². The number of aromatic nitrogens is 1. The maximum Gasteiger partial charge on any atom is 0.274 e. The van der Waals surface area contributed by atoms with E-state index >= 15 is 0 Å². The molecule has 6 heteroatoms. The molecule has 0 bridgehead atoms. The first-order valence-corrected chi connectivity index (χ1v) is 9.62. The Morgan fingerprint density at radius 1 is 1.04 bits per heavy atom. The van der Waals surface area contributed by atoms with Gasteiger partial charge in [-0.1, -0.05) is 45.7 Å². The van der Waals surface area contributed by atoms with Crippen molar-refractivity contribution in [2.75, 3.05) is 0 Å². The molecule has 0 spiro atoms. The number of hydrogen-bond acceptors (Lipinski definition) is 3. The number of benzene rings is 2. The molecule has 4 nitrogen and oxygen atoms in total. The Labute approximate surface area is 170 Å². The summed E-state index contributed by atoms with van der Waals surface area (Å²) in [6, 6.07) is 20.2. The van der Waals surface area contributed by atoms with E-state index in [0.29, 0.717) is 17.0 Å². The van der Waals surface area contributed by atoms with Gasteiger partial charge >= 0.3 is 0 Å². The predicted molar refractivity (Wildman–Crippen MR) is 110 cm³/mol. The van der Waals surface area contributed by atoms with E-state index in [1.807, 2.05) is 42.5 Å². The average molecular weight is 441 g/mol. The largest absolute Gasteiger partial charge is 0.274 e. The van der Waals surface area contributed by atoms with E-state index in [4.69, 9.17) is 11.6 Å². The van der Waals surface area contributed by atoms with E-state index in [2.05, 4.69) is 26.0 Å². The molecule has 1 aliphatic rings. The van der Waals surface area contributed by atoms with Crippen LogP contribution in [0.5, 0.6) is 0 Å². The van der Waals surface area contributed by atoms with Gasteiger partial charge in [-0.05, 0) is 54.1 Å². The molecule has 0 saturated carbocycles. The van der Waals surface area contributed by atoms with Crippen LogP contribution in [-0.2, 0) is 0 Å². The van der Waals surface area contributed by atoms with Gasteiger partial charge in [0.1, 0.15) is 6.04 Å². The molecule has 3 aromatic rings. The molecule has 1 unspecified atom stereocenters. The van der Waals surface area contributed by atoms with E-state index < -0.39 is 0 Å². The summed E-state index contributed by atoms with van der Waals surface area (Å²) in [6.07, 6.45) is 2.34. The molecular weight excluding hydrogens is 426 g/mol. The van der Waals surface area contributed by atoms with Crippen LogP contribution < -0.4 is 0 Å². The number of carbonyl (C=O) groups is 1. The second-order valence-electron chi connectivity index (χ2n) is 6.18. The maximum absolute atomic E-state index is 13.1. The van der Waals surface area contributed by atoms with Crippen LogP contribution in [0, 0.1) is 0 Å². The van der Waals surface area contributed by atoms with Crippen molar-refractivity contribution in [3.63, 3.8) is 0 Å². The van der Waals surface area contributed by atoms with Crippen molar-refractivity contribution in [1.29, 1.82) is 0 Å². The molecule has 2 aromatic carbocycles. The van der Waals surface area contributed by atoms with Gasteiger partial charge in [0.2, 0.25) is 0 Å². The Morgan fingerprint density at radius 3 is 2.44 bits per heavy atom. The highest BCUT2D eigenvalue weighted by Crippen LogP contribution is 2.33. The van der Waals surface area contributed by atoms with Crippen LogP contribution in [0.15, 0.2) is 82.5 Å². The lowest BCUT2D eigenvalue weighted by Crippen LogP contribution is -2.27. The number of hydrogen-bond donors (Lipinski definition) is 0. The van der Waals surface area contributed by atoms with Gasteiger partial charge in [0.05, 0.1) is 11.4 Å². The fourth-order valence-electron chi connectivity index (χ4n) is 3.04. The van der Waals surface area contributed by atoms with Gasteiger partial charge in [0.25, 0.3) is 5.91 Å². The Bertz CT molecular complexity index is 988. The number of hydrazone groups is 1. The van der Waals surface area contributed by atoms with E-state index in [9.17, 15) is 4.79 Å². The topological polar surface area (TPSA) is 45.6 Å². The van der Waals surface area contributed by atoms with Crippen LogP contribution in [0.4, 0.5) is 0 Å². The number of amides is 1. The zero-order valence-electron chi connectivity index (χ0n) is 14.2. The first kappa shape index (κ1) is 17.9. The molecule has 1 amide bonds. The lowest BCUT2D eigenvalue weighted by Gasteiger charge is -2.21. The zero-order valence-corrected chi connectivity index (χ0v) is 16.6. The molecular formula is C21H15BrClN3O. The number of halogens is 2. The molecule has 4 rings (SSSR count). The normalized spacial score (nSPS) is 16.3. The second-order valence-corrected chi connectivity index (χ2v) is 7.54. The van der Waals surface area contributed by atoms with Crippen LogP contribution >= 0.6 is 27.5 Å². The van der Waals surface area contributed by atoms with Crippen molar-refractivity contribution in [1.82, 2.24) is 9.99 Å². The molecule has 1 aromatic heterocycles. The van der Waals surface area contributed by atoms with E-state index in [1.165, 1.54) is 5.01 Å². The van der Waals surface area contributed by atoms with Crippen molar-refractivity contribution in [2.45, 2.75) is 12.5 Å². The third-order valence-electron chi connectivity index (χ3n) is 4.42. The fraction of sp³-hybridized carbons (Fsp3) is 0.0952. The molecule has 0 fully saturated rings. The quantitative estimate of drug-likeness (QED) is 0.541. The summed E-state index contributed by atoms with van der Waals surface area (Å²) in [5.41, 5.74) is 3.21. The van der Waals surface area contributed by atoms with Crippen LogP contribution in [0.1, 0.15) is 34.1 Å². The predicted octanol–water partition coefficient (Wildman–Crippen LogP) is 5.49. The lowest BCUT2D eigenvalue weighted by atomic mass is 10.0. The number of pyridine rings is 1. The van der Waals surface area contributed by atoms with Crippen molar-refractivity contribution < 1.29 is 4.79 Å². The third kappa shape index (κ3) is 3.80. The molecule has 134 valence electrons. The maximum atomic E-state index is 13.1. The molecule has 0 N–H and O–H groups in total. The molecule has 0 radical (unpaired) electrons. The van der Waals surface area contributed by atoms with E-state index in [0.717, 1.165) is 21.4 Å². The molecule has 27 heavy (non-hydrogen) atoms. The Hall–Kier alpha value is -2.50. The van der Waals surface area contributed by atoms with Crippen molar-refractivity contribution in [3.05, 3.63) is 99.2 Å². The van der Waals surface area contributed by atoms with Gasteiger partial charge in [-0.3, -0.25) is 9.78 Å². The molecule has 0 saturated heterocycles. The summed E-state index contributed by atoms with van der Waals surface area (Å²) >= 11 is 9.40. The SMILES string of the molecule is O=C(c1ccc(Cl)cc1)N1N=C(c2ccc(Br)cc2)CC1c1ccccn1. The highest BCUT2D eigenvalue weighted by molar-refractivity contribution is 9.10. The van der Waals surface area contributed by atoms with Crippen molar-refractivity contribution in [2.24, 2.45) is 5.10 Å². The third-order valence-corrected chi connectivity index (χ3v) is 5.20. The number of nitrogens with zero attached hydrogens (tertiary/aromatic N) is 3. The number of rotatable bonds is 3. The molecule has 0 aliphatic carbocycles. The van der Waals surface area contributed by atoms with Gasteiger partial charge in [0.15, 0.2) is 0 Å². The van der Waals surface area contributed by atoms with E-state index in [-0.39, 0.29) is 11.9 Å². The Balaban J connectivity index is 1.72. The van der Waals surface area contributed by atoms with Gasteiger partial charge in [-0.25, -0.2) is 5.01 Å². The van der Waals surface area contributed by atoms with Crippen molar-refractivity contribution >= 4 is 39.1 Å². The van der Waals surface area contributed by atoms with Crippen LogP contribution in [0.25, 0.3) is 0 Å². The summed E-state index contributed by atoms with van der Waals surface area (Å²) in [4.78, 5) is 17.6. The first-order valence-electron chi connectivity index (χ1n) is 8.45. The minimum Gasteiger partial charge on any atom is -0.267 e. The lowest BCUT2D eigenvalue weighted by molar-refractivity contribution is 0.0708. The standard InChI is InChI=1S/C21H15BrClN3O/c22-16-8-4-14(5-9-16)19-13-20(18-3-1-2-12-24-18)26(25-19)21(27)15-6-10-17(23)11-7-15/h1-12,20H,13H2. The molecule has 1 atom stereocenters. The van der Waals surface area contributed by atoms with Crippen molar-refractivity contribution in [3.8, 4) is 0 Å². The van der Waals surface area contributed by atoms with E-state index in [1.54, 1.807) is 30.5 Å².